The Balaban J connectivity index is 2.08. The minimum absolute atomic E-state index is 0.371. The lowest BCUT2D eigenvalue weighted by atomic mass is 10.2. The summed E-state index contributed by atoms with van der Waals surface area (Å²) in [5, 5.41) is 12.2. The molecule has 1 aromatic carbocycles. The van der Waals surface area contributed by atoms with Gasteiger partial charge in [-0.2, -0.15) is 0 Å². The Morgan fingerprint density at radius 3 is 2.75 bits per heavy atom. The minimum Gasteiger partial charge on any atom is -0.496 e. The first-order chi connectivity index (χ1) is 9.51. The highest BCUT2D eigenvalue weighted by Crippen LogP contribution is 2.28. The molecule has 0 fully saturated rings. The maximum atomic E-state index is 10.9. The molecule has 1 heterocycles. The fourth-order valence-electron chi connectivity index (χ4n) is 1.77. The number of rotatable bonds is 5. The summed E-state index contributed by atoms with van der Waals surface area (Å²) in [6, 6.07) is 7.44. The van der Waals surface area contributed by atoms with E-state index in [2.05, 4.69) is 21.2 Å². The number of nitrogens with one attached hydrogen (secondary N) is 1. The van der Waals surface area contributed by atoms with Crippen molar-refractivity contribution >= 4 is 38.9 Å². The number of methoxy groups -OCH3 is 1. The highest BCUT2D eigenvalue weighted by atomic mass is 79.9. The number of halogens is 1. The van der Waals surface area contributed by atoms with Crippen LogP contribution in [0.1, 0.15) is 20.1 Å². The van der Waals surface area contributed by atoms with Crippen LogP contribution in [0.3, 0.4) is 0 Å². The molecule has 0 aliphatic rings. The van der Waals surface area contributed by atoms with Crippen molar-refractivity contribution in [3.8, 4) is 5.75 Å². The number of ether oxygens (including phenoxy) is 1. The third-order valence-electron chi connectivity index (χ3n) is 2.87. The molecule has 106 valence electrons. The molecule has 2 N–H and O–H groups in total. The van der Waals surface area contributed by atoms with Crippen LogP contribution < -0.4 is 10.1 Å². The van der Waals surface area contributed by atoms with E-state index in [0.717, 1.165) is 26.4 Å². The molecule has 0 saturated carbocycles. The van der Waals surface area contributed by atoms with Gasteiger partial charge in [-0.15, -0.1) is 11.3 Å². The van der Waals surface area contributed by atoms with Gasteiger partial charge in [0.25, 0.3) is 0 Å². The van der Waals surface area contributed by atoms with E-state index in [1.165, 1.54) is 11.3 Å². The van der Waals surface area contributed by atoms with Crippen molar-refractivity contribution in [2.45, 2.75) is 13.5 Å². The first-order valence-corrected chi connectivity index (χ1v) is 7.52. The lowest BCUT2D eigenvalue weighted by molar-refractivity contribution is 0.0702. The van der Waals surface area contributed by atoms with Crippen LogP contribution in [-0.2, 0) is 6.54 Å². The predicted molar refractivity (Wildman–Crippen MR) is 84.0 cm³/mol. The van der Waals surface area contributed by atoms with Gasteiger partial charge < -0.3 is 15.2 Å². The first-order valence-electron chi connectivity index (χ1n) is 5.91. The highest BCUT2D eigenvalue weighted by molar-refractivity contribution is 9.10. The molecule has 0 spiro atoms. The summed E-state index contributed by atoms with van der Waals surface area (Å²) in [5.41, 5.74) is 1.94. The van der Waals surface area contributed by atoms with E-state index in [9.17, 15) is 4.79 Å². The highest BCUT2D eigenvalue weighted by Gasteiger charge is 2.11. The number of aryl methyl sites for hydroxylation is 1. The van der Waals surface area contributed by atoms with E-state index in [1.54, 1.807) is 13.2 Å². The third kappa shape index (κ3) is 3.32. The number of aromatic carboxylic acids is 1. The average Bonchev–Trinajstić information content (AvgIpc) is 2.78. The summed E-state index contributed by atoms with van der Waals surface area (Å²) >= 11 is 4.73. The van der Waals surface area contributed by atoms with Gasteiger partial charge in [0.05, 0.1) is 11.6 Å². The van der Waals surface area contributed by atoms with Gasteiger partial charge in [0, 0.05) is 17.1 Å². The topological polar surface area (TPSA) is 58.6 Å². The fraction of sp³-hybridized carbons (Fsp3) is 0.214. The molecule has 0 aliphatic heterocycles. The van der Waals surface area contributed by atoms with Crippen molar-refractivity contribution in [1.82, 2.24) is 0 Å². The van der Waals surface area contributed by atoms with Crippen molar-refractivity contribution in [2.75, 3.05) is 12.4 Å². The largest absolute Gasteiger partial charge is 0.496 e. The lowest BCUT2D eigenvalue weighted by Crippen LogP contribution is -2.00. The maximum Gasteiger partial charge on any atom is 0.345 e. The Labute approximate surface area is 129 Å². The first kappa shape index (κ1) is 14.9. The molecule has 20 heavy (non-hydrogen) atoms. The number of thiophene rings is 1. The summed E-state index contributed by atoms with van der Waals surface area (Å²) in [6.45, 7) is 2.52. The average molecular weight is 356 g/mol. The van der Waals surface area contributed by atoms with Crippen LogP contribution in [0.15, 0.2) is 28.7 Å². The second-order valence-corrected chi connectivity index (χ2v) is 6.31. The van der Waals surface area contributed by atoms with Gasteiger partial charge in [0.1, 0.15) is 10.6 Å². The summed E-state index contributed by atoms with van der Waals surface area (Å²) in [6.07, 6.45) is 0. The van der Waals surface area contributed by atoms with Gasteiger partial charge in [0.2, 0.25) is 0 Å². The normalized spacial score (nSPS) is 10.3. The molecule has 4 nitrogen and oxygen atoms in total. The number of carboxylic acid groups (broad SMARTS) is 1. The zero-order valence-electron chi connectivity index (χ0n) is 11.1. The van der Waals surface area contributed by atoms with Crippen LogP contribution in [0.4, 0.5) is 5.69 Å². The number of carbonyl (C=O) groups is 1. The summed E-state index contributed by atoms with van der Waals surface area (Å²) in [4.78, 5) is 12.3. The van der Waals surface area contributed by atoms with Crippen molar-refractivity contribution < 1.29 is 14.6 Å². The Hall–Kier alpha value is -1.53. The molecule has 6 heteroatoms. The number of hydrogen-bond acceptors (Lipinski definition) is 4. The molecule has 0 radical (unpaired) electrons. The molecule has 0 atom stereocenters. The predicted octanol–water partition coefficient (Wildman–Crippen LogP) is 4.14. The van der Waals surface area contributed by atoms with E-state index < -0.39 is 5.97 Å². The van der Waals surface area contributed by atoms with Gasteiger partial charge in [-0.05, 0) is 52.7 Å². The number of anilines is 1. The summed E-state index contributed by atoms with van der Waals surface area (Å²) < 4.78 is 6.05. The van der Waals surface area contributed by atoms with Gasteiger partial charge in [0.15, 0.2) is 0 Å². The molecule has 1 aromatic heterocycles. The number of carboxylic acids is 1. The second-order valence-electron chi connectivity index (χ2n) is 4.20. The molecule has 0 bridgehead atoms. The van der Waals surface area contributed by atoms with E-state index in [4.69, 9.17) is 9.84 Å². The maximum absolute atomic E-state index is 10.9. The molecule has 2 aromatic rings. The van der Waals surface area contributed by atoms with E-state index in [0.29, 0.717) is 11.4 Å². The SMILES string of the molecule is COc1ccc(NCc2cc(C(=O)O)sc2C)cc1Br. The zero-order chi connectivity index (χ0) is 14.7. The van der Waals surface area contributed by atoms with E-state index in [-0.39, 0.29) is 0 Å². The van der Waals surface area contributed by atoms with Crippen LogP contribution in [0.2, 0.25) is 0 Å². The number of benzene rings is 1. The lowest BCUT2D eigenvalue weighted by Gasteiger charge is -2.09. The van der Waals surface area contributed by atoms with Gasteiger partial charge in [-0.3, -0.25) is 0 Å². The van der Waals surface area contributed by atoms with E-state index >= 15 is 0 Å². The van der Waals surface area contributed by atoms with Crippen LogP contribution in [0, 0.1) is 6.92 Å². The quantitative estimate of drug-likeness (QED) is 0.846. The molecule has 0 aliphatic carbocycles. The Bertz CT molecular complexity index is 639. The van der Waals surface area contributed by atoms with Crippen molar-refractivity contribution in [2.24, 2.45) is 0 Å². The van der Waals surface area contributed by atoms with Crippen molar-refractivity contribution in [3.63, 3.8) is 0 Å². The van der Waals surface area contributed by atoms with Crippen LogP contribution >= 0.6 is 27.3 Å². The summed E-state index contributed by atoms with van der Waals surface area (Å²) in [5.74, 6) is -0.105. The third-order valence-corrected chi connectivity index (χ3v) is 4.57. The Morgan fingerprint density at radius 2 is 2.20 bits per heavy atom. The zero-order valence-corrected chi connectivity index (χ0v) is 13.5. The standard InChI is InChI=1S/C14H14BrNO3S/c1-8-9(5-13(20-8)14(17)18)7-16-10-3-4-12(19-2)11(15)6-10/h3-6,16H,7H2,1-2H3,(H,17,18). The second kappa shape index (κ2) is 6.28. The Kier molecular flexibility index (Phi) is 4.67. The molecule has 0 saturated heterocycles. The molecule has 0 unspecified atom stereocenters. The van der Waals surface area contributed by atoms with Crippen LogP contribution in [0.25, 0.3) is 0 Å². The van der Waals surface area contributed by atoms with Gasteiger partial charge in [-0.1, -0.05) is 0 Å². The Morgan fingerprint density at radius 1 is 1.45 bits per heavy atom. The van der Waals surface area contributed by atoms with Crippen LogP contribution in [-0.4, -0.2) is 18.2 Å². The smallest absolute Gasteiger partial charge is 0.345 e. The fourth-order valence-corrected chi connectivity index (χ4v) is 3.20. The van der Waals surface area contributed by atoms with Gasteiger partial charge >= 0.3 is 5.97 Å². The molecular weight excluding hydrogens is 342 g/mol. The molecule has 2 rings (SSSR count). The number of hydrogen-bond donors (Lipinski definition) is 2. The molecule has 0 amide bonds. The van der Waals surface area contributed by atoms with E-state index in [1.807, 2.05) is 25.1 Å². The van der Waals surface area contributed by atoms with Crippen LogP contribution in [0.5, 0.6) is 5.75 Å². The van der Waals surface area contributed by atoms with Crippen molar-refractivity contribution in [3.05, 3.63) is 44.1 Å². The molecular formula is C14H14BrNO3S. The minimum atomic E-state index is -0.878. The summed E-state index contributed by atoms with van der Waals surface area (Å²) in [7, 11) is 1.62. The monoisotopic (exact) mass is 355 g/mol. The van der Waals surface area contributed by atoms with Gasteiger partial charge in [-0.25, -0.2) is 4.79 Å². The van der Waals surface area contributed by atoms with Crippen molar-refractivity contribution in [1.29, 1.82) is 0 Å².